The number of carbonyl (C=O) groups excluding carboxylic acids is 2. The molecule has 25 heavy (non-hydrogen) atoms. The van der Waals surface area contributed by atoms with Crippen LogP contribution in [0.2, 0.25) is 0 Å². The van der Waals surface area contributed by atoms with Crippen molar-refractivity contribution < 1.29 is 14.3 Å². The number of piperidine rings is 1. The zero-order valence-corrected chi connectivity index (χ0v) is 15.2. The zero-order chi connectivity index (χ0) is 16.9. The monoisotopic (exact) mass is 367 g/mol. The van der Waals surface area contributed by atoms with Crippen molar-refractivity contribution >= 4 is 29.9 Å². The van der Waals surface area contributed by atoms with Crippen molar-refractivity contribution in [2.75, 3.05) is 18.5 Å². The third-order valence-electron chi connectivity index (χ3n) is 4.69. The van der Waals surface area contributed by atoms with Crippen LogP contribution in [0.5, 0.6) is 0 Å². The van der Waals surface area contributed by atoms with Gasteiger partial charge in [0.2, 0.25) is 0 Å². The Morgan fingerprint density at radius 2 is 2.08 bits per heavy atom. The molecule has 2 aliphatic rings. The minimum atomic E-state index is -0.378. The second-order valence-electron chi connectivity index (χ2n) is 6.54. The first-order valence-electron chi connectivity index (χ1n) is 8.70. The third kappa shape index (κ3) is 5.17. The van der Waals surface area contributed by atoms with Crippen LogP contribution in [0.4, 0.5) is 5.69 Å². The van der Waals surface area contributed by atoms with Gasteiger partial charge < -0.3 is 20.7 Å². The summed E-state index contributed by atoms with van der Waals surface area (Å²) in [7, 11) is 0. The predicted octanol–water partition coefficient (Wildman–Crippen LogP) is 2.10. The number of rotatable bonds is 4. The number of carbonyl (C=O) groups is 2. The fourth-order valence-electron chi connectivity index (χ4n) is 3.24. The fourth-order valence-corrected chi connectivity index (χ4v) is 3.24. The Labute approximate surface area is 154 Å². The molecule has 2 fully saturated rings. The summed E-state index contributed by atoms with van der Waals surface area (Å²) < 4.78 is 5.38. The second-order valence-corrected chi connectivity index (χ2v) is 6.54. The topological polar surface area (TPSA) is 79.5 Å². The molecule has 3 atom stereocenters. The Kier molecular flexibility index (Phi) is 7.23. The standard InChI is InChI=1S/C18H25N3O3.ClH/c1-12-15(7-3-9-19-12)21-17(22)13-5-2-6-14(11-13)20-18(23)16-8-4-10-24-16;/h2,5-6,11-12,15-16,19H,3-4,7-10H2,1H3,(H,20,23)(H,21,22);1H. The summed E-state index contributed by atoms with van der Waals surface area (Å²) in [6.45, 7) is 3.72. The van der Waals surface area contributed by atoms with E-state index in [1.807, 2.05) is 0 Å². The van der Waals surface area contributed by atoms with Gasteiger partial charge in [0, 0.05) is 29.9 Å². The summed E-state index contributed by atoms with van der Waals surface area (Å²) in [6, 6.07) is 7.44. The minimum Gasteiger partial charge on any atom is -0.368 e. The highest BCUT2D eigenvalue weighted by Crippen LogP contribution is 2.17. The van der Waals surface area contributed by atoms with Crippen LogP contribution in [0.25, 0.3) is 0 Å². The molecule has 0 aliphatic carbocycles. The van der Waals surface area contributed by atoms with Crippen LogP contribution in [-0.2, 0) is 9.53 Å². The molecule has 0 saturated carbocycles. The van der Waals surface area contributed by atoms with Gasteiger partial charge in [0.1, 0.15) is 6.10 Å². The van der Waals surface area contributed by atoms with Gasteiger partial charge >= 0.3 is 0 Å². The summed E-state index contributed by atoms with van der Waals surface area (Å²) in [5, 5.41) is 9.29. The molecule has 2 aliphatic heterocycles. The first-order chi connectivity index (χ1) is 11.6. The lowest BCUT2D eigenvalue weighted by Gasteiger charge is -2.30. The van der Waals surface area contributed by atoms with Crippen molar-refractivity contribution in [3.63, 3.8) is 0 Å². The molecule has 2 heterocycles. The maximum absolute atomic E-state index is 12.5. The largest absolute Gasteiger partial charge is 0.368 e. The number of hydrogen-bond acceptors (Lipinski definition) is 4. The molecule has 2 amide bonds. The normalized spacial score (nSPS) is 25.7. The molecular weight excluding hydrogens is 342 g/mol. The SMILES string of the molecule is CC1NCCCC1NC(=O)c1cccc(NC(=O)C2CCCO2)c1.Cl. The molecular formula is C18H26ClN3O3. The molecule has 6 nitrogen and oxygen atoms in total. The molecule has 1 aromatic rings. The van der Waals surface area contributed by atoms with E-state index in [1.165, 1.54) is 0 Å². The molecule has 1 aromatic carbocycles. The first kappa shape index (κ1) is 19.7. The van der Waals surface area contributed by atoms with Crippen LogP contribution >= 0.6 is 12.4 Å². The summed E-state index contributed by atoms with van der Waals surface area (Å²) in [6.07, 6.45) is 3.33. The van der Waals surface area contributed by atoms with Gasteiger partial charge in [-0.05, 0) is 57.4 Å². The van der Waals surface area contributed by atoms with Crippen LogP contribution in [0, 0.1) is 0 Å². The van der Waals surface area contributed by atoms with Gasteiger partial charge in [-0.25, -0.2) is 0 Å². The second kappa shape index (κ2) is 9.17. The average Bonchev–Trinajstić information content (AvgIpc) is 3.12. The summed E-state index contributed by atoms with van der Waals surface area (Å²) in [5.74, 6) is -0.251. The Hall–Kier alpha value is -1.63. The summed E-state index contributed by atoms with van der Waals surface area (Å²) in [5.41, 5.74) is 1.18. The van der Waals surface area contributed by atoms with Gasteiger partial charge in [-0.1, -0.05) is 6.07 Å². The molecule has 7 heteroatoms. The molecule has 0 radical (unpaired) electrons. The molecule has 0 spiro atoms. The number of benzene rings is 1. The van der Waals surface area contributed by atoms with E-state index in [1.54, 1.807) is 24.3 Å². The summed E-state index contributed by atoms with van der Waals surface area (Å²) >= 11 is 0. The zero-order valence-electron chi connectivity index (χ0n) is 14.4. The van der Waals surface area contributed by atoms with Gasteiger partial charge in [0.15, 0.2) is 0 Å². The minimum absolute atomic E-state index is 0. The van der Waals surface area contributed by atoms with Crippen molar-refractivity contribution in [2.24, 2.45) is 0 Å². The molecule has 3 unspecified atom stereocenters. The number of hydrogen-bond donors (Lipinski definition) is 3. The number of nitrogens with one attached hydrogen (secondary N) is 3. The maximum atomic E-state index is 12.5. The molecule has 3 N–H and O–H groups in total. The van der Waals surface area contributed by atoms with E-state index in [0.29, 0.717) is 17.9 Å². The third-order valence-corrected chi connectivity index (χ3v) is 4.69. The van der Waals surface area contributed by atoms with Crippen LogP contribution in [0.1, 0.15) is 43.0 Å². The highest BCUT2D eigenvalue weighted by atomic mass is 35.5. The molecule has 0 bridgehead atoms. The lowest BCUT2D eigenvalue weighted by atomic mass is 9.99. The van der Waals surface area contributed by atoms with Crippen LogP contribution in [0.15, 0.2) is 24.3 Å². The average molecular weight is 368 g/mol. The Morgan fingerprint density at radius 3 is 2.80 bits per heavy atom. The van der Waals surface area contributed by atoms with E-state index in [9.17, 15) is 9.59 Å². The lowest BCUT2D eigenvalue weighted by molar-refractivity contribution is -0.124. The van der Waals surface area contributed by atoms with Crippen molar-refractivity contribution in [3.8, 4) is 0 Å². The van der Waals surface area contributed by atoms with Crippen molar-refractivity contribution in [2.45, 2.75) is 50.8 Å². The number of ether oxygens (including phenoxy) is 1. The van der Waals surface area contributed by atoms with Gasteiger partial charge in [-0.3, -0.25) is 9.59 Å². The van der Waals surface area contributed by atoms with Crippen LogP contribution in [0.3, 0.4) is 0 Å². The maximum Gasteiger partial charge on any atom is 0.253 e. The highest BCUT2D eigenvalue weighted by Gasteiger charge is 2.25. The van der Waals surface area contributed by atoms with Crippen molar-refractivity contribution in [1.29, 1.82) is 0 Å². The summed E-state index contributed by atoms with van der Waals surface area (Å²) in [4.78, 5) is 24.6. The van der Waals surface area contributed by atoms with Crippen molar-refractivity contribution in [1.82, 2.24) is 10.6 Å². The number of halogens is 1. The van der Waals surface area contributed by atoms with E-state index in [2.05, 4.69) is 22.9 Å². The highest BCUT2D eigenvalue weighted by molar-refractivity contribution is 5.98. The smallest absolute Gasteiger partial charge is 0.253 e. The quantitative estimate of drug-likeness (QED) is 0.761. The number of amides is 2. The van der Waals surface area contributed by atoms with E-state index in [0.717, 1.165) is 32.2 Å². The Bertz CT molecular complexity index is 605. The van der Waals surface area contributed by atoms with Crippen LogP contribution in [-0.4, -0.2) is 43.2 Å². The van der Waals surface area contributed by atoms with Gasteiger partial charge in [0.05, 0.1) is 0 Å². The van der Waals surface area contributed by atoms with Gasteiger partial charge in [-0.15, -0.1) is 12.4 Å². The predicted molar refractivity (Wildman–Crippen MR) is 99.2 cm³/mol. The van der Waals surface area contributed by atoms with E-state index >= 15 is 0 Å². The lowest BCUT2D eigenvalue weighted by Crippen LogP contribution is -2.51. The molecule has 2 saturated heterocycles. The molecule has 138 valence electrons. The van der Waals surface area contributed by atoms with Gasteiger partial charge in [-0.2, -0.15) is 0 Å². The Morgan fingerprint density at radius 1 is 1.24 bits per heavy atom. The fraction of sp³-hybridized carbons (Fsp3) is 0.556. The molecule has 3 rings (SSSR count). The van der Waals surface area contributed by atoms with Crippen LogP contribution < -0.4 is 16.0 Å². The van der Waals surface area contributed by atoms with E-state index in [-0.39, 0.29) is 42.4 Å². The van der Waals surface area contributed by atoms with E-state index in [4.69, 9.17) is 4.74 Å². The van der Waals surface area contributed by atoms with E-state index < -0.39 is 0 Å². The Balaban J connectivity index is 0.00000225. The first-order valence-corrected chi connectivity index (χ1v) is 8.70. The van der Waals surface area contributed by atoms with Gasteiger partial charge in [0.25, 0.3) is 11.8 Å². The number of anilines is 1. The van der Waals surface area contributed by atoms with Crippen molar-refractivity contribution in [3.05, 3.63) is 29.8 Å². The molecule has 0 aromatic heterocycles.